The lowest BCUT2D eigenvalue weighted by atomic mass is 9.84. The number of nitro groups is 1. The Morgan fingerprint density at radius 1 is 1.18 bits per heavy atom. The van der Waals surface area contributed by atoms with E-state index in [1.54, 1.807) is 24.3 Å². The molecule has 0 aliphatic carbocycles. The number of hydrogen-bond donors (Lipinski definition) is 2. The van der Waals surface area contributed by atoms with Gasteiger partial charge in [0.1, 0.15) is 11.7 Å². The third kappa shape index (κ3) is 3.19. The van der Waals surface area contributed by atoms with Crippen LogP contribution in [-0.4, -0.2) is 36.4 Å². The van der Waals surface area contributed by atoms with Crippen LogP contribution in [0.15, 0.2) is 24.3 Å². The van der Waals surface area contributed by atoms with Gasteiger partial charge in [-0.15, -0.1) is 0 Å². The number of amides is 4. The lowest BCUT2D eigenvalue weighted by Gasteiger charge is -2.26. The van der Waals surface area contributed by atoms with E-state index in [0.717, 1.165) is 0 Å². The second-order valence-electron chi connectivity index (χ2n) is 4.68. The number of nitrogens with one attached hydrogen (secondary N) is 2. The molecule has 0 spiro atoms. The number of barbiturate groups is 1. The van der Waals surface area contributed by atoms with Crippen molar-refractivity contribution in [3.63, 3.8) is 0 Å². The highest BCUT2D eigenvalue weighted by atomic mass is 16.6. The Bertz CT molecular complexity index is 607. The number of methoxy groups -OCH3 is 1. The maximum absolute atomic E-state index is 11.9. The number of hydrogen-bond acceptors (Lipinski definition) is 6. The number of imide groups is 2. The zero-order chi connectivity index (χ0) is 16.3. The van der Waals surface area contributed by atoms with E-state index in [-0.39, 0.29) is 0 Å². The van der Waals surface area contributed by atoms with Crippen molar-refractivity contribution in [1.29, 1.82) is 0 Å². The summed E-state index contributed by atoms with van der Waals surface area (Å²) in [4.78, 5) is 45.1. The molecule has 2 rings (SSSR count). The molecule has 1 saturated heterocycles. The van der Waals surface area contributed by atoms with Gasteiger partial charge in [-0.2, -0.15) is 0 Å². The standard InChI is InChI=1S/C13H13N3O6/c1-22-8-4-2-7(3-5-8)9(6-16(20)21)10-11(17)14-13(19)15-12(10)18/h2-5,9-10H,6H2,1H3,(H2,14,15,17,18,19). The summed E-state index contributed by atoms with van der Waals surface area (Å²) < 4.78 is 4.99. The highest BCUT2D eigenvalue weighted by molar-refractivity contribution is 6.16. The van der Waals surface area contributed by atoms with Crippen LogP contribution in [0.25, 0.3) is 0 Å². The topological polar surface area (TPSA) is 128 Å². The first-order valence-electron chi connectivity index (χ1n) is 6.34. The Kier molecular flexibility index (Phi) is 4.35. The van der Waals surface area contributed by atoms with Gasteiger partial charge in [0.25, 0.3) is 0 Å². The molecule has 9 heteroatoms. The molecule has 9 nitrogen and oxygen atoms in total. The van der Waals surface area contributed by atoms with Crippen LogP contribution in [-0.2, 0) is 9.59 Å². The van der Waals surface area contributed by atoms with E-state index in [1.807, 2.05) is 10.6 Å². The van der Waals surface area contributed by atoms with Crippen molar-refractivity contribution in [2.45, 2.75) is 5.92 Å². The van der Waals surface area contributed by atoms with Crippen LogP contribution in [0.2, 0.25) is 0 Å². The fraction of sp³-hybridized carbons (Fsp3) is 0.308. The number of benzene rings is 1. The molecule has 1 aliphatic heterocycles. The van der Waals surface area contributed by atoms with Crippen LogP contribution in [0.3, 0.4) is 0 Å². The summed E-state index contributed by atoms with van der Waals surface area (Å²) in [6.45, 7) is -0.619. The van der Waals surface area contributed by atoms with Crippen LogP contribution < -0.4 is 15.4 Å². The minimum absolute atomic E-state index is 0.433. The number of carbonyl (C=O) groups is 3. The lowest BCUT2D eigenvalue weighted by Crippen LogP contribution is -2.57. The molecule has 1 aliphatic rings. The van der Waals surface area contributed by atoms with Gasteiger partial charge in [-0.25, -0.2) is 4.79 Å². The van der Waals surface area contributed by atoms with E-state index in [2.05, 4.69) is 0 Å². The van der Waals surface area contributed by atoms with Crippen molar-refractivity contribution in [1.82, 2.24) is 10.6 Å². The quantitative estimate of drug-likeness (QED) is 0.449. The average Bonchev–Trinajstić information content (AvgIpc) is 2.45. The molecule has 0 aromatic heterocycles. The zero-order valence-corrected chi connectivity index (χ0v) is 11.6. The van der Waals surface area contributed by atoms with Crippen LogP contribution in [0.5, 0.6) is 5.75 Å². The smallest absolute Gasteiger partial charge is 0.328 e. The van der Waals surface area contributed by atoms with Gasteiger partial charge in [0.05, 0.1) is 13.0 Å². The van der Waals surface area contributed by atoms with Crippen molar-refractivity contribution in [2.75, 3.05) is 13.7 Å². The van der Waals surface area contributed by atoms with E-state index >= 15 is 0 Å². The van der Waals surface area contributed by atoms with E-state index in [9.17, 15) is 24.5 Å². The summed E-state index contributed by atoms with van der Waals surface area (Å²) in [7, 11) is 1.47. The molecule has 0 radical (unpaired) electrons. The second kappa shape index (κ2) is 6.20. The largest absolute Gasteiger partial charge is 0.497 e. The average molecular weight is 307 g/mol. The lowest BCUT2D eigenvalue weighted by molar-refractivity contribution is -0.484. The van der Waals surface area contributed by atoms with Crippen LogP contribution >= 0.6 is 0 Å². The Balaban J connectivity index is 2.36. The van der Waals surface area contributed by atoms with Gasteiger partial charge < -0.3 is 4.74 Å². The molecule has 1 heterocycles. The fourth-order valence-corrected chi connectivity index (χ4v) is 2.31. The van der Waals surface area contributed by atoms with E-state index in [1.165, 1.54) is 7.11 Å². The Morgan fingerprint density at radius 3 is 2.18 bits per heavy atom. The van der Waals surface area contributed by atoms with Crippen molar-refractivity contribution in [3.05, 3.63) is 39.9 Å². The highest BCUT2D eigenvalue weighted by Gasteiger charge is 2.43. The van der Waals surface area contributed by atoms with Gasteiger partial charge >= 0.3 is 6.03 Å². The predicted molar refractivity (Wildman–Crippen MR) is 72.8 cm³/mol. The number of urea groups is 1. The van der Waals surface area contributed by atoms with Crippen molar-refractivity contribution in [2.24, 2.45) is 5.92 Å². The Morgan fingerprint density at radius 2 is 1.73 bits per heavy atom. The van der Waals surface area contributed by atoms with Gasteiger partial charge in [0, 0.05) is 4.92 Å². The minimum Gasteiger partial charge on any atom is -0.497 e. The van der Waals surface area contributed by atoms with E-state index in [0.29, 0.717) is 11.3 Å². The normalized spacial score (nSPS) is 16.7. The summed E-state index contributed by atoms with van der Waals surface area (Å²) in [6.07, 6.45) is 0. The first-order chi connectivity index (χ1) is 10.4. The van der Waals surface area contributed by atoms with Crippen LogP contribution in [0.1, 0.15) is 11.5 Å². The van der Waals surface area contributed by atoms with E-state index < -0.39 is 41.1 Å². The summed E-state index contributed by atoms with van der Waals surface area (Å²) in [5, 5.41) is 14.8. The molecule has 4 amide bonds. The van der Waals surface area contributed by atoms with Crippen molar-refractivity contribution in [3.8, 4) is 5.75 Å². The second-order valence-corrected chi connectivity index (χ2v) is 4.68. The van der Waals surface area contributed by atoms with Crippen molar-refractivity contribution >= 4 is 17.8 Å². The first kappa shape index (κ1) is 15.4. The molecular formula is C13H13N3O6. The third-order valence-electron chi connectivity index (χ3n) is 3.33. The third-order valence-corrected chi connectivity index (χ3v) is 3.33. The Labute approximate surface area is 124 Å². The summed E-state index contributed by atoms with van der Waals surface area (Å²) in [5.74, 6) is -3.50. The maximum Gasteiger partial charge on any atom is 0.328 e. The van der Waals surface area contributed by atoms with E-state index in [4.69, 9.17) is 4.74 Å². The number of ether oxygens (including phenoxy) is 1. The monoisotopic (exact) mass is 307 g/mol. The molecule has 22 heavy (non-hydrogen) atoms. The summed E-state index contributed by atoms with van der Waals surface area (Å²) >= 11 is 0. The molecule has 1 aromatic rings. The summed E-state index contributed by atoms with van der Waals surface area (Å²) in [6, 6.07) is 5.31. The first-order valence-corrected chi connectivity index (χ1v) is 6.34. The SMILES string of the molecule is COc1ccc(C(C[N+](=O)[O-])C2C(=O)NC(=O)NC2=O)cc1. The van der Waals surface area contributed by atoms with Gasteiger partial charge in [-0.3, -0.25) is 30.3 Å². The number of rotatable bonds is 5. The number of carbonyl (C=O) groups excluding carboxylic acids is 3. The van der Waals surface area contributed by atoms with Gasteiger partial charge in [0.15, 0.2) is 0 Å². The predicted octanol–water partition coefficient (Wildman–Crippen LogP) is 0.0377. The van der Waals surface area contributed by atoms with Gasteiger partial charge in [0.2, 0.25) is 18.4 Å². The minimum atomic E-state index is -1.35. The molecule has 1 aromatic carbocycles. The molecule has 2 N–H and O–H groups in total. The molecule has 1 fully saturated rings. The summed E-state index contributed by atoms with van der Waals surface area (Å²) in [5.41, 5.74) is 0.433. The molecular weight excluding hydrogens is 294 g/mol. The number of nitrogens with zero attached hydrogens (tertiary/aromatic N) is 1. The molecule has 0 saturated carbocycles. The fourth-order valence-electron chi connectivity index (χ4n) is 2.31. The van der Waals surface area contributed by atoms with Crippen LogP contribution in [0.4, 0.5) is 4.79 Å². The Hall–Kier alpha value is -2.97. The molecule has 0 bridgehead atoms. The van der Waals surface area contributed by atoms with Gasteiger partial charge in [-0.1, -0.05) is 12.1 Å². The molecule has 1 atom stereocenters. The van der Waals surface area contributed by atoms with Gasteiger partial charge in [-0.05, 0) is 17.7 Å². The molecule has 1 unspecified atom stereocenters. The molecule has 116 valence electrons. The maximum atomic E-state index is 11.9. The zero-order valence-electron chi connectivity index (χ0n) is 11.6. The highest BCUT2D eigenvalue weighted by Crippen LogP contribution is 2.28. The van der Waals surface area contributed by atoms with Crippen LogP contribution in [0, 0.1) is 16.0 Å². The van der Waals surface area contributed by atoms with Crippen molar-refractivity contribution < 1.29 is 24.0 Å².